The maximum absolute atomic E-state index is 13.0. The van der Waals surface area contributed by atoms with E-state index in [1.165, 1.54) is 10.5 Å². The monoisotopic (exact) mass is 362 g/mol. The highest BCUT2D eigenvalue weighted by Crippen LogP contribution is 2.23. The highest BCUT2D eigenvalue weighted by Gasteiger charge is 2.27. The third-order valence-electron chi connectivity index (χ3n) is 4.42. The molecule has 1 aliphatic rings. The number of β-amino-alcohol motifs (C(OH)–C–C–N with tert-alkyl or cyclic N) is 1. The molecule has 1 fully saturated rings. The van der Waals surface area contributed by atoms with Crippen LogP contribution < -0.4 is 14.2 Å². The second-order valence-corrected chi connectivity index (χ2v) is 8.02. The largest absolute Gasteiger partial charge is 0.389 e. The Labute approximate surface area is 148 Å². The molecule has 0 saturated carbocycles. The normalized spacial score (nSPS) is 18.2. The number of pyridine rings is 1. The van der Waals surface area contributed by atoms with Crippen LogP contribution in [-0.2, 0) is 10.0 Å². The Morgan fingerprint density at radius 2 is 2.00 bits per heavy atom. The number of hydrogen-bond donors (Lipinski definition) is 1. The summed E-state index contributed by atoms with van der Waals surface area (Å²) in [5, 5.41) is 9.80. The fourth-order valence-electron chi connectivity index (χ4n) is 3.15. The quantitative estimate of drug-likeness (QED) is 0.878. The third-order valence-corrected chi connectivity index (χ3v) is 6.32. The molecule has 1 aliphatic heterocycles. The van der Waals surface area contributed by atoms with Crippen LogP contribution in [-0.4, -0.2) is 39.3 Å². The fourth-order valence-corrected chi connectivity index (χ4v) is 4.59. The van der Waals surface area contributed by atoms with E-state index >= 15 is 0 Å². The number of sulfonamides is 1. The van der Waals surface area contributed by atoms with Crippen LogP contribution in [0.5, 0.6) is 0 Å². The fraction of sp³-hybridized carbons (Fsp3) is 0.389. The Kier molecular flexibility index (Phi) is 5.24. The van der Waals surface area contributed by atoms with Crippen LogP contribution in [0.2, 0.25) is 0 Å². The maximum atomic E-state index is 13.0. The summed E-state index contributed by atoms with van der Waals surface area (Å²) in [6.07, 6.45) is 2.93. The summed E-state index contributed by atoms with van der Waals surface area (Å²) in [7, 11) is -3.63. The number of anilines is 2. The third kappa shape index (κ3) is 3.77. The number of nitrogens with zero attached hydrogens (tertiary/aromatic N) is 2. The SMILES string of the molecule is CCN(c1ccccc1)S(=O)(=O)c1ccc(N2CCC[C@H](O)C2)[nH+]c1. The Hall–Kier alpha value is -2.12. The van der Waals surface area contributed by atoms with Gasteiger partial charge in [-0.3, -0.25) is 9.21 Å². The summed E-state index contributed by atoms with van der Waals surface area (Å²) < 4.78 is 27.3. The predicted molar refractivity (Wildman–Crippen MR) is 97.1 cm³/mol. The van der Waals surface area contributed by atoms with Gasteiger partial charge in [-0.1, -0.05) is 18.2 Å². The van der Waals surface area contributed by atoms with Crippen molar-refractivity contribution >= 4 is 21.5 Å². The van der Waals surface area contributed by atoms with E-state index in [-0.39, 0.29) is 11.0 Å². The van der Waals surface area contributed by atoms with Gasteiger partial charge in [0.05, 0.1) is 18.3 Å². The summed E-state index contributed by atoms with van der Waals surface area (Å²) in [5.41, 5.74) is 0.647. The number of rotatable bonds is 5. The van der Waals surface area contributed by atoms with E-state index < -0.39 is 10.0 Å². The molecule has 0 radical (unpaired) electrons. The number of aromatic nitrogens is 1. The zero-order chi connectivity index (χ0) is 17.9. The van der Waals surface area contributed by atoms with Gasteiger partial charge < -0.3 is 5.11 Å². The Balaban J connectivity index is 1.85. The first-order valence-corrected chi connectivity index (χ1v) is 9.99. The van der Waals surface area contributed by atoms with E-state index in [4.69, 9.17) is 0 Å². The zero-order valence-corrected chi connectivity index (χ0v) is 15.1. The molecule has 1 saturated heterocycles. The molecule has 6 nitrogen and oxygen atoms in total. The number of H-pyrrole nitrogens is 1. The molecule has 2 aromatic rings. The highest BCUT2D eigenvalue weighted by molar-refractivity contribution is 7.92. The van der Waals surface area contributed by atoms with E-state index in [1.54, 1.807) is 24.3 Å². The summed E-state index contributed by atoms with van der Waals surface area (Å²) in [4.78, 5) is 5.34. The number of benzene rings is 1. The number of aliphatic hydroxyl groups is 1. The maximum Gasteiger partial charge on any atom is 0.274 e. The van der Waals surface area contributed by atoms with E-state index in [2.05, 4.69) is 4.98 Å². The van der Waals surface area contributed by atoms with E-state index in [0.717, 1.165) is 25.2 Å². The average molecular weight is 362 g/mol. The summed E-state index contributed by atoms with van der Waals surface area (Å²) in [5.74, 6) is 0.820. The Bertz CT molecular complexity index is 794. The molecule has 0 unspecified atom stereocenters. The van der Waals surface area contributed by atoms with E-state index in [0.29, 0.717) is 18.8 Å². The Morgan fingerprint density at radius 1 is 1.24 bits per heavy atom. The number of hydrogen-bond acceptors (Lipinski definition) is 4. The minimum atomic E-state index is -3.63. The molecule has 1 aromatic heterocycles. The lowest BCUT2D eigenvalue weighted by Crippen LogP contribution is -2.41. The first kappa shape index (κ1) is 17.7. The predicted octanol–water partition coefficient (Wildman–Crippen LogP) is 1.68. The first-order chi connectivity index (χ1) is 12.0. The van der Waals surface area contributed by atoms with Crippen LogP contribution in [0.3, 0.4) is 0 Å². The van der Waals surface area contributed by atoms with Crippen molar-refractivity contribution in [1.29, 1.82) is 0 Å². The second-order valence-electron chi connectivity index (χ2n) is 6.16. The van der Waals surface area contributed by atoms with Gasteiger partial charge in [0.15, 0.2) is 0 Å². The summed E-state index contributed by atoms with van der Waals surface area (Å²) in [6, 6.07) is 12.5. The molecule has 1 atom stereocenters. The van der Waals surface area contributed by atoms with Gasteiger partial charge in [0, 0.05) is 12.6 Å². The van der Waals surface area contributed by atoms with Gasteiger partial charge >= 0.3 is 0 Å². The lowest BCUT2D eigenvalue weighted by atomic mass is 10.1. The van der Waals surface area contributed by atoms with Crippen LogP contribution in [0.4, 0.5) is 11.5 Å². The van der Waals surface area contributed by atoms with Gasteiger partial charge in [-0.25, -0.2) is 13.4 Å². The van der Waals surface area contributed by atoms with Crippen molar-refractivity contribution in [1.82, 2.24) is 0 Å². The molecule has 0 aliphatic carbocycles. The number of piperidine rings is 1. The minimum Gasteiger partial charge on any atom is -0.389 e. The van der Waals surface area contributed by atoms with Gasteiger partial charge in [-0.15, -0.1) is 0 Å². The van der Waals surface area contributed by atoms with Gasteiger partial charge in [-0.2, -0.15) is 0 Å². The van der Waals surface area contributed by atoms with Crippen LogP contribution in [0.25, 0.3) is 0 Å². The van der Waals surface area contributed by atoms with Crippen molar-refractivity contribution in [3.8, 4) is 0 Å². The first-order valence-electron chi connectivity index (χ1n) is 8.55. The van der Waals surface area contributed by atoms with Crippen LogP contribution >= 0.6 is 0 Å². The molecule has 1 aromatic carbocycles. The lowest BCUT2D eigenvalue weighted by molar-refractivity contribution is -0.367. The molecule has 0 amide bonds. The van der Waals surface area contributed by atoms with Crippen LogP contribution in [0.15, 0.2) is 53.6 Å². The average Bonchev–Trinajstić information content (AvgIpc) is 2.63. The van der Waals surface area contributed by atoms with Crippen LogP contribution in [0, 0.1) is 0 Å². The number of aliphatic hydroxyl groups excluding tert-OH is 1. The molecule has 0 bridgehead atoms. The smallest absolute Gasteiger partial charge is 0.274 e. The zero-order valence-electron chi connectivity index (χ0n) is 14.3. The number of aromatic amines is 1. The van der Waals surface area contributed by atoms with E-state index in [1.807, 2.05) is 30.0 Å². The molecule has 25 heavy (non-hydrogen) atoms. The topological polar surface area (TPSA) is 75.0 Å². The van der Waals surface area contributed by atoms with Gasteiger partial charge in [-0.05, 0) is 38.0 Å². The molecular weight excluding hydrogens is 338 g/mol. The molecular formula is C18H24N3O3S+. The Morgan fingerprint density at radius 3 is 2.60 bits per heavy atom. The van der Waals surface area contributed by atoms with Gasteiger partial charge in [0.2, 0.25) is 0 Å². The molecule has 7 heteroatoms. The van der Waals surface area contributed by atoms with Crippen molar-refractivity contribution in [3.05, 3.63) is 48.7 Å². The highest BCUT2D eigenvalue weighted by atomic mass is 32.2. The summed E-state index contributed by atoms with van der Waals surface area (Å²) >= 11 is 0. The second kappa shape index (κ2) is 7.41. The summed E-state index contributed by atoms with van der Waals surface area (Å²) in [6.45, 7) is 3.59. The number of para-hydroxylation sites is 1. The minimum absolute atomic E-state index is 0.222. The molecule has 0 spiro atoms. The molecule has 2 heterocycles. The standard InChI is InChI=1S/C18H23N3O3S/c1-2-21(15-7-4-3-5-8-15)25(23,24)17-10-11-18(19-13-17)20-12-6-9-16(22)14-20/h3-5,7-8,10-11,13,16,22H,2,6,9,12,14H2,1H3/p+1/t16-/m0/s1. The van der Waals surface area contributed by atoms with Crippen LogP contribution in [0.1, 0.15) is 19.8 Å². The molecule has 134 valence electrons. The lowest BCUT2D eigenvalue weighted by Gasteiger charge is -2.25. The van der Waals surface area contributed by atoms with Gasteiger partial charge in [0.25, 0.3) is 15.8 Å². The molecule has 2 N–H and O–H groups in total. The van der Waals surface area contributed by atoms with E-state index in [9.17, 15) is 13.5 Å². The molecule has 3 rings (SSSR count). The van der Waals surface area contributed by atoms with Gasteiger partial charge in [0.1, 0.15) is 17.6 Å². The number of nitrogens with one attached hydrogen (secondary N) is 1. The van der Waals surface area contributed by atoms with Crippen molar-refractivity contribution in [2.75, 3.05) is 28.8 Å². The van der Waals surface area contributed by atoms with Crippen molar-refractivity contribution in [2.24, 2.45) is 0 Å². The van der Waals surface area contributed by atoms with Crippen molar-refractivity contribution < 1.29 is 18.5 Å². The van der Waals surface area contributed by atoms with Crippen molar-refractivity contribution in [3.63, 3.8) is 0 Å². The van der Waals surface area contributed by atoms with Crippen molar-refractivity contribution in [2.45, 2.75) is 30.8 Å².